The lowest BCUT2D eigenvalue weighted by Gasteiger charge is -2.33. The molecule has 11 heteroatoms. The number of rotatable bonds is 8. The Bertz CT molecular complexity index is 1330. The van der Waals surface area contributed by atoms with E-state index < -0.39 is 11.4 Å². The first-order valence-electron chi connectivity index (χ1n) is 14.0. The van der Waals surface area contributed by atoms with Crippen LogP contribution in [0.25, 0.3) is 5.65 Å². The van der Waals surface area contributed by atoms with E-state index in [1.165, 1.54) is 20.0 Å². The number of carbonyl (C=O) groups excluding carboxylic acids is 3. The number of hydrogen-bond donors (Lipinski definition) is 2. The maximum absolute atomic E-state index is 13.3. The normalized spacial score (nSPS) is 21.2. The molecule has 2 atom stereocenters. The van der Waals surface area contributed by atoms with E-state index in [4.69, 9.17) is 14.8 Å². The molecule has 4 heterocycles. The van der Waals surface area contributed by atoms with Gasteiger partial charge in [0, 0.05) is 25.7 Å². The molecule has 2 N–H and O–H groups in total. The lowest BCUT2D eigenvalue weighted by atomic mass is 9.76. The van der Waals surface area contributed by atoms with Gasteiger partial charge in [-0.25, -0.2) is 9.50 Å². The first-order valence-corrected chi connectivity index (χ1v) is 14.0. The summed E-state index contributed by atoms with van der Waals surface area (Å²) in [6, 6.07) is 5.11. The maximum Gasteiger partial charge on any atom is 0.321 e. The average molecular weight is 536 g/mol. The quantitative estimate of drug-likeness (QED) is 0.257. The molecule has 1 saturated heterocycles. The Morgan fingerprint density at radius 1 is 1.18 bits per heavy atom. The van der Waals surface area contributed by atoms with Gasteiger partial charge in [0.1, 0.15) is 5.69 Å². The molecule has 0 radical (unpaired) electrons. The molecule has 39 heavy (non-hydrogen) atoms. The lowest BCUT2D eigenvalue weighted by molar-refractivity contribution is -0.161. The van der Waals surface area contributed by atoms with Crippen LogP contribution in [0, 0.1) is 11.3 Å². The van der Waals surface area contributed by atoms with Gasteiger partial charge in [-0.15, -0.1) is 0 Å². The number of methoxy groups -OCH3 is 1. The molecule has 1 saturated carbocycles. The van der Waals surface area contributed by atoms with E-state index in [0.29, 0.717) is 43.0 Å². The summed E-state index contributed by atoms with van der Waals surface area (Å²) in [5, 5.41) is 15.1. The minimum Gasteiger partial charge on any atom is -0.468 e. The van der Waals surface area contributed by atoms with Crippen molar-refractivity contribution in [3.63, 3.8) is 0 Å². The van der Waals surface area contributed by atoms with Crippen LogP contribution < -0.4 is 10.6 Å². The van der Waals surface area contributed by atoms with Gasteiger partial charge in [-0.1, -0.05) is 25.7 Å². The highest BCUT2D eigenvalue weighted by Crippen LogP contribution is 2.35. The SMILES string of the molecule is CCn1nccc1C(=O)N[C@H](c1cn2nc(C[C@@]3(C(=O)OC)CCCNC3=O)ccc2n1)C1CCCCCC1. The highest BCUT2D eigenvalue weighted by atomic mass is 16.5. The molecule has 2 fully saturated rings. The van der Waals surface area contributed by atoms with E-state index in [-0.39, 0.29) is 30.2 Å². The number of nitrogens with one attached hydrogen (secondary N) is 2. The van der Waals surface area contributed by atoms with Gasteiger partial charge < -0.3 is 15.4 Å². The van der Waals surface area contributed by atoms with Crippen LogP contribution in [0.15, 0.2) is 30.6 Å². The van der Waals surface area contributed by atoms with Crippen molar-refractivity contribution < 1.29 is 19.1 Å². The van der Waals surface area contributed by atoms with Gasteiger partial charge >= 0.3 is 5.97 Å². The smallest absolute Gasteiger partial charge is 0.321 e. The number of aromatic nitrogens is 5. The zero-order valence-electron chi connectivity index (χ0n) is 22.7. The number of carbonyl (C=O) groups is 3. The first-order chi connectivity index (χ1) is 18.9. The number of fused-ring (bicyclic) bond motifs is 1. The number of nitrogens with zero attached hydrogens (tertiary/aromatic N) is 5. The van der Waals surface area contributed by atoms with E-state index in [9.17, 15) is 14.4 Å². The van der Waals surface area contributed by atoms with Crippen LogP contribution in [-0.4, -0.2) is 55.8 Å². The highest BCUT2D eigenvalue weighted by Gasteiger charge is 2.48. The minimum absolute atomic E-state index is 0.138. The van der Waals surface area contributed by atoms with Crippen LogP contribution in [0.4, 0.5) is 0 Å². The summed E-state index contributed by atoms with van der Waals surface area (Å²) in [4.78, 5) is 43.8. The average Bonchev–Trinajstić information content (AvgIpc) is 3.51. The summed E-state index contributed by atoms with van der Waals surface area (Å²) < 4.78 is 8.40. The van der Waals surface area contributed by atoms with E-state index in [2.05, 4.69) is 15.7 Å². The van der Waals surface area contributed by atoms with Crippen LogP contribution in [0.3, 0.4) is 0 Å². The maximum atomic E-state index is 13.3. The number of piperidine rings is 1. The molecule has 0 spiro atoms. The largest absolute Gasteiger partial charge is 0.468 e. The second-order valence-electron chi connectivity index (χ2n) is 10.6. The Morgan fingerprint density at radius 3 is 2.69 bits per heavy atom. The van der Waals surface area contributed by atoms with Crippen molar-refractivity contribution >= 4 is 23.4 Å². The van der Waals surface area contributed by atoms with Gasteiger partial charge in [0.15, 0.2) is 11.1 Å². The molecule has 5 rings (SSSR count). The molecule has 2 aliphatic rings. The third-order valence-corrected chi connectivity index (χ3v) is 8.18. The Morgan fingerprint density at radius 2 is 1.97 bits per heavy atom. The van der Waals surface area contributed by atoms with E-state index in [1.54, 1.807) is 27.5 Å². The Balaban J connectivity index is 1.46. The van der Waals surface area contributed by atoms with E-state index >= 15 is 0 Å². The standard InChI is InChI=1S/C28H37N7O4/c1-3-34-22(13-16-30-34)25(36)32-24(19-9-6-4-5-7-10-19)21-18-35-23(31-21)12-11-20(33-35)17-28(27(38)39-2)14-8-15-29-26(28)37/h11-13,16,18-19,24H,3-10,14-15,17H2,1-2H3,(H,29,37)(H,32,36)/t24-,28-/m0/s1. The summed E-state index contributed by atoms with van der Waals surface area (Å²) >= 11 is 0. The summed E-state index contributed by atoms with van der Waals surface area (Å²) in [7, 11) is 1.31. The first kappa shape index (κ1) is 26.8. The lowest BCUT2D eigenvalue weighted by Crippen LogP contribution is -2.52. The molecule has 3 aromatic heterocycles. The zero-order chi connectivity index (χ0) is 27.4. The van der Waals surface area contributed by atoms with Crippen molar-refractivity contribution in [1.29, 1.82) is 0 Å². The van der Waals surface area contributed by atoms with Crippen LogP contribution in [0.1, 0.15) is 86.2 Å². The molecule has 2 amide bonds. The Hall–Kier alpha value is -3.76. The minimum atomic E-state index is -1.30. The molecule has 0 bridgehead atoms. The second kappa shape index (κ2) is 11.5. The van der Waals surface area contributed by atoms with Crippen molar-refractivity contribution in [2.75, 3.05) is 13.7 Å². The van der Waals surface area contributed by atoms with E-state index in [1.807, 2.05) is 19.2 Å². The second-order valence-corrected chi connectivity index (χ2v) is 10.6. The fourth-order valence-corrected chi connectivity index (χ4v) is 6.07. The molecule has 208 valence electrons. The topological polar surface area (TPSA) is 133 Å². The zero-order valence-corrected chi connectivity index (χ0v) is 22.7. The Kier molecular flexibility index (Phi) is 7.94. The van der Waals surface area contributed by atoms with Gasteiger partial charge in [0.2, 0.25) is 5.91 Å². The number of imidazole rings is 1. The van der Waals surface area contributed by atoms with Crippen molar-refractivity contribution in [3.05, 3.63) is 47.7 Å². The molecule has 11 nitrogen and oxygen atoms in total. The third kappa shape index (κ3) is 5.39. The molecule has 1 aliphatic heterocycles. The van der Waals surface area contributed by atoms with Gasteiger partial charge in [0.05, 0.1) is 30.7 Å². The number of ether oxygens (including phenoxy) is 1. The van der Waals surface area contributed by atoms with Crippen LogP contribution in [0.2, 0.25) is 0 Å². The number of aryl methyl sites for hydroxylation is 1. The molecule has 0 unspecified atom stereocenters. The summed E-state index contributed by atoms with van der Waals surface area (Å²) in [5.74, 6) is -0.781. The monoisotopic (exact) mass is 535 g/mol. The van der Waals surface area contributed by atoms with Crippen LogP contribution in [-0.2, 0) is 27.3 Å². The Labute approximate surface area is 227 Å². The summed E-state index contributed by atoms with van der Waals surface area (Å²) in [6.45, 7) is 3.11. The van der Waals surface area contributed by atoms with Crippen LogP contribution in [0.5, 0.6) is 0 Å². The molecular formula is C28H37N7O4. The van der Waals surface area contributed by atoms with Crippen molar-refractivity contribution in [2.45, 2.75) is 77.3 Å². The third-order valence-electron chi connectivity index (χ3n) is 8.18. The molecule has 3 aromatic rings. The van der Waals surface area contributed by atoms with Crippen molar-refractivity contribution in [2.24, 2.45) is 11.3 Å². The molecule has 0 aromatic carbocycles. The van der Waals surface area contributed by atoms with Crippen LogP contribution >= 0.6 is 0 Å². The van der Waals surface area contributed by atoms with Crippen molar-refractivity contribution in [1.82, 2.24) is 35.0 Å². The van der Waals surface area contributed by atoms with Gasteiger partial charge in [-0.05, 0) is 56.7 Å². The number of amides is 2. The molecular weight excluding hydrogens is 498 g/mol. The fraction of sp³-hybridized carbons (Fsp3) is 0.571. The molecule has 1 aliphatic carbocycles. The summed E-state index contributed by atoms with van der Waals surface area (Å²) in [5.41, 5.74) is 1.21. The number of hydrogen-bond acceptors (Lipinski definition) is 7. The van der Waals surface area contributed by atoms with Gasteiger partial charge in [0.25, 0.3) is 5.91 Å². The van der Waals surface area contributed by atoms with Gasteiger partial charge in [-0.2, -0.15) is 10.2 Å². The predicted molar refractivity (Wildman–Crippen MR) is 143 cm³/mol. The fourth-order valence-electron chi connectivity index (χ4n) is 6.07. The van der Waals surface area contributed by atoms with Gasteiger partial charge in [-0.3, -0.25) is 19.1 Å². The predicted octanol–water partition coefficient (Wildman–Crippen LogP) is 3.00. The van der Waals surface area contributed by atoms with Crippen molar-refractivity contribution in [3.8, 4) is 0 Å². The van der Waals surface area contributed by atoms with E-state index in [0.717, 1.165) is 31.4 Å². The summed E-state index contributed by atoms with van der Waals surface area (Å²) in [6.07, 6.45) is 11.4. The highest BCUT2D eigenvalue weighted by molar-refractivity contribution is 6.03. The number of esters is 1.